The van der Waals surface area contributed by atoms with Crippen molar-refractivity contribution in [2.75, 3.05) is 6.54 Å². The second-order valence-corrected chi connectivity index (χ2v) is 5.76. The van der Waals surface area contributed by atoms with E-state index in [-0.39, 0.29) is 18.3 Å². The number of amides is 1. The molecule has 4 nitrogen and oxygen atoms in total. The Morgan fingerprint density at radius 2 is 1.95 bits per heavy atom. The number of aryl methyl sites for hydroxylation is 1. The lowest BCUT2D eigenvalue weighted by atomic mass is 10.2. The molecule has 0 saturated heterocycles. The molecule has 2 rings (SSSR count). The van der Waals surface area contributed by atoms with E-state index >= 15 is 0 Å². The Labute approximate surface area is 134 Å². The fourth-order valence-corrected chi connectivity index (χ4v) is 2.55. The minimum Gasteiger partial charge on any atom is -0.427 e. The summed E-state index contributed by atoms with van der Waals surface area (Å²) in [5, 5.41) is 4.64. The molecule has 22 heavy (non-hydrogen) atoms. The number of carbonyl (C=O) groups is 2. The van der Waals surface area contributed by atoms with Crippen LogP contribution < -0.4 is 10.1 Å². The first kappa shape index (κ1) is 16.2. The number of hydrogen-bond donors (Lipinski definition) is 1. The second-order valence-electron chi connectivity index (χ2n) is 4.81. The normalized spacial score (nSPS) is 10.2. The molecule has 0 aliphatic heterocycles. The highest BCUT2D eigenvalue weighted by Gasteiger charge is 2.07. The van der Waals surface area contributed by atoms with Crippen molar-refractivity contribution in [2.24, 2.45) is 0 Å². The summed E-state index contributed by atoms with van der Waals surface area (Å²) in [6.45, 7) is 2.53. The standard InChI is InChI=1S/C17H19NO3S/c1-2-13-7-9-14(10-8-13)21-16(19)6-3-11-18-17(20)15-5-4-12-22-15/h4-5,7-10,12H,2-3,6,11H2,1H3,(H,18,20). The highest BCUT2D eigenvalue weighted by Crippen LogP contribution is 2.13. The first-order chi connectivity index (χ1) is 10.7. The van der Waals surface area contributed by atoms with E-state index in [0.717, 1.165) is 6.42 Å². The molecule has 5 heteroatoms. The third kappa shape index (κ3) is 5.00. The van der Waals surface area contributed by atoms with Crippen molar-refractivity contribution in [3.63, 3.8) is 0 Å². The summed E-state index contributed by atoms with van der Waals surface area (Å²) in [7, 11) is 0. The first-order valence-electron chi connectivity index (χ1n) is 7.30. The fraction of sp³-hybridized carbons (Fsp3) is 0.294. The van der Waals surface area contributed by atoms with Crippen LogP contribution in [0.4, 0.5) is 0 Å². The van der Waals surface area contributed by atoms with Gasteiger partial charge in [0.15, 0.2) is 0 Å². The van der Waals surface area contributed by atoms with Gasteiger partial charge < -0.3 is 10.1 Å². The number of esters is 1. The topological polar surface area (TPSA) is 55.4 Å². The number of thiophene rings is 1. The van der Waals surface area contributed by atoms with Crippen LogP contribution in [0.2, 0.25) is 0 Å². The van der Waals surface area contributed by atoms with Gasteiger partial charge in [0.1, 0.15) is 5.75 Å². The molecule has 0 radical (unpaired) electrons. The molecule has 1 amide bonds. The number of nitrogens with one attached hydrogen (secondary N) is 1. The third-order valence-electron chi connectivity index (χ3n) is 3.15. The maximum Gasteiger partial charge on any atom is 0.311 e. The minimum absolute atomic E-state index is 0.0986. The monoisotopic (exact) mass is 317 g/mol. The Kier molecular flexibility index (Phi) is 6.15. The molecule has 0 atom stereocenters. The first-order valence-corrected chi connectivity index (χ1v) is 8.18. The Morgan fingerprint density at radius 1 is 1.18 bits per heavy atom. The fourth-order valence-electron chi connectivity index (χ4n) is 1.91. The van der Waals surface area contributed by atoms with E-state index in [9.17, 15) is 9.59 Å². The number of benzene rings is 1. The van der Waals surface area contributed by atoms with Gasteiger partial charge in [0.25, 0.3) is 5.91 Å². The smallest absolute Gasteiger partial charge is 0.311 e. The van der Waals surface area contributed by atoms with Gasteiger partial charge >= 0.3 is 5.97 Å². The number of rotatable bonds is 7. The van der Waals surface area contributed by atoms with Crippen LogP contribution in [0.1, 0.15) is 35.0 Å². The number of hydrogen-bond acceptors (Lipinski definition) is 4. The summed E-state index contributed by atoms with van der Waals surface area (Å²) in [6.07, 6.45) is 1.79. The summed E-state index contributed by atoms with van der Waals surface area (Å²) < 4.78 is 5.24. The quantitative estimate of drug-likeness (QED) is 0.483. The molecule has 0 unspecified atom stereocenters. The second kappa shape index (κ2) is 8.34. The zero-order valence-electron chi connectivity index (χ0n) is 12.5. The highest BCUT2D eigenvalue weighted by atomic mass is 32.1. The lowest BCUT2D eigenvalue weighted by Gasteiger charge is -2.06. The molecule has 0 bridgehead atoms. The maximum atomic E-state index is 11.7. The molecule has 116 valence electrons. The van der Waals surface area contributed by atoms with Crippen LogP contribution in [0.25, 0.3) is 0 Å². The van der Waals surface area contributed by atoms with Crippen molar-refractivity contribution in [3.05, 3.63) is 52.2 Å². The lowest BCUT2D eigenvalue weighted by Crippen LogP contribution is -2.24. The van der Waals surface area contributed by atoms with Crippen molar-refractivity contribution in [2.45, 2.75) is 26.2 Å². The van der Waals surface area contributed by atoms with Crippen molar-refractivity contribution in [1.29, 1.82) is 0 Å². The number of ether oxygens (including phenoxy) is 1. The van der Waals surface area contributed by atoms with Crippen LogP contribution in [0, 0.1) is 0 Å². The van der Waals surface area contributed by atoms with Gasteiger partial charge in [-0.15, -0.1) is 11.3 Å². The van der Waals surface area contributed by atoms with E-state index in [1.54, 1.807) is 18.2 Å². The summed E-state index contributed by atoms with van der Waals surface area (Å²) in [5.41, 5.74) is 1.20. The zero-order valence-corrected chi connectivity index (χ0v) is 13.3. The minimum atomic E-state index is -0.283. The van der Waals surface area contributed by atoms with Gasteiger partial charge in [0, 0.05) is 13.0 Å². The average molecular weight is 317 g/mol. The Hall–Kier alpha value is -2.14. The molecule has 1 aromatic heterocycles. The summed E-state index contributed by atoms with van der Waals surface area (Å²) in [4.78, 5) is 24.1. The van der Waals surface area contributed by atoms with Gasteiger partial charge in [-0.25, -0.2) is 0 Å². The summed E-state index contributed by atoms with van der Waals surface area (Å²) in [6, 6.07) is 11.1. The van der Waals surface area contributed by atoms with Gasteiger partial charge in [-0.05, 0) is 42.0 Å². The summed E-state index contributed by atoms with van der Waals surface area (Å²) >= 11 is 1.40. The molecule has 1 N–H and O–H groups in total. The largest absolute Gasteiger partial charge is 0.427 e. The lowest BCUT2D eigenvalue weighted by molar-refractivity contribution is -0.134. The van der Waals surface area contributed by atoms with Crippen molar-refractivity contribution in [1.82, 2.24) is 5.32 Å². The van der Waals surface area contributed by atoms with Gasteiger partial charge in [-0.1, -0.05) is 25.1 Å². The van der Waals surface area contributed by atoms with E-state index in [4.69, 9.17) is 4.74 Å². The van der Waals surface area contributed by atoms with Crippen LogP contribution in [0.3, 0.4) is 0 Å². The van der Waals surface area contributed by atoms with Crippen molar-refractivity contribution < 1.29 is 14.3 Å². The Morgan fingerprint density at radius 3 is 2.59 bits per heavy atom. The van der Waals surface area contributed by atoms with Crippen molar-refractivity contribution in [3.8, 4) is 5.75 Å². The Balaban J connectivity index is 1.66. The molecular weight excluding hydrogens is 298 g/mol. The third-order valence-corrected chi connectivity index (χ3v) is 4.02. The molecule has 1 heterocycles. The molecule has 0 aliphatic rings. The summed E-state index contributed by atoms with van der Waals surface area (Å²) in [5.74, 6) is 0.179. The number of carbonyl (C=O) groups excluding carboxylic acids is 2. The van der Waals surface area contributed by atoms with Crippen LogP contribution >= 0.6 is 11.3 Å². The molecule has 0 saturated carbocycles. The predicted octanol–water partition coefficient (Wildman–Crippen LogP) is 3.43. The van der Waals surface area contributed by atoms with E-state index in [0.29, 0.717) is 23.6 Å². The molecule has 0 fully saturated rings. The average Bonchev–Trinajstić information content (AvgIpc) is 3.06. The Bertz CT molecular complexity index is 605. The molecule has 0 aliphatic carbocycles. The predicted molar refractivity (Wildman–Crippen MR) is 87.3 cm³/mol. The molecule has 1 aromatic carbocycles. The SMILES string of the molecule is CCc1ccc(OC(=O)CCCNC(=O)c2cccs2)cc1. The van der Waals surface area contributed by atoms with Crippen LogP contribution in [-0.2, 0) is 11.2 Å². The van der Waals surface area contributed by atoms with E-state index in [1.807, 2.05) is 23.6 Å². The van der Waals surface area contributed by atoms with Crippen LogP contribution in [0.15, 0.2) is 41.8 Å². The van der Waals surface area contributed by atoms with E-state index in [2.05, 4.69) is 12.2 Å². The highest BCUT2D eigenvalue weighted by molar-refractivity contribution is 7.12. The zero-order chi connectivity index (χ0) is 15.8. The van der Waals surface area contributed by atoms with Gasteiger partial charge in [-0.2, -0.15) is 0 Å². The van der Waals surface area contributed by atoms with E-state index in [1.165, 1.54) is 16.9 Å². The van der Waals surface area contributed by atoms with Gasteiger partial charge in [-0.3, -0.25) is 9.59 Å². The van der Waals surface area contributed by atoms with E-state index < -0.39 is 0 Å². The molecule has 2 aromatic rings. The molecule has 0 spiro atoms. The van der Waals surface area contributed by atoms with Gasteiger partial charge in [0.05, 0.1) is 4.88 Å². The molecular formula is C17H19NO3S. The van der Waals surface area contributed by atoms with Crippen molar-refractivity contribution >= 4 is 23.2 Å². The van der Waals surface area contributed by atoms with Gasteiger partial charge in [0.2, 0.25) is 0 Å². The van der Waals surface area contributed by atoms with Crippen LogP contribution in [0.5, 0.6) is 5.75 Å². The maximum absolute atomic E-state index is 11.7. The van der Waals surface area contributed by atoms with Crippen LogP contribution in [-0.4, -0.2) is 18.4 Å².